The first-order valence-corrected chi connectivity index (χ1v) is 14.8. The van der Waals surface area contributed by atoms with Gasteiger partial charge in [0.2, 0.25) is 0 Å². The molecule has 1 saturated heterocycles. The van der Waals surface area contributed by atoms with Crippen molar-refractivity contribution in [3.63, 3.8) is 0 Å². The standard InChI is InChI=1S/C31H32FN5O3S.2ClH/c1-21(33)36-16-14-28(15-17-36)40-27-12-10-26(11-13-27)37(41(38,39)30-5-3-2-4-29(30)32)20-22-6-7-23-8-9-24(31(34)35)19-25(23)18-22;;/h2-13,18-19,28,33H,14-17,20H2,1H3,(H3,34,35);2*1H. The summed E-state index contributed by atoms with van der Waals surface area (Å²) in [6.45, 7) is 3.25. The van der Waals surface area contributed by atoms with Crippen molar-refractivity contribution < 1.29 is 17.5 Å². The van der Waals surface area contributed by atoms with Crippen LogP contribution in [-0.2, 0) is 16.6 Å². The Balaban J connectivity index is 0.00000253. The van der Waals surface area contributed by atoms with Gasteiger partial charge in [0.25, 0.3) is 10.0 Å². The number of sulfonamides is 1. The van der Waals surface area contributed by atoms with E-state index in [1.54, 1.807) is 43.3 Å². The molecule has 0 radical (unpaired) electrons. The number of amidine groups is 2. The molecule has 1 aliphatic rings. The molecule has 0 aliphatic carbocycles. The molecule has 5 rings (SSSR count). The molecular weight excluding hydrogens is 612 g/mol. The molecule has 1 fully saturated rings. The van der Waals surface area contributed by atoms with Crippen molar-refractivity contribution in [1.29, 1.82) is 10.8 Å². The van der Waals surface area contributed by atoms with Gasteiger partial charge in [-0.25, -0.2) is 12.8 Å². The molecule has 0 unspecified atom stereocenters. The van der Waals surface area contributed by atoms with Gasteiger partial charge in [-0.05, 0) is 71.8 Å². The van der Waals surface area contributed by atoms with Crippen LogP contribution in [0.4, 0.5) is 10.1 Å². The van der Waals surface area contributed by atoms with Crippen LogP contribution in [0.1, 0.15) is 30.9 Å². The lowest BCUT2D eigenvalue weighted by Crippen LogP contribution is -2.40. The number of anilines is 1. The summed E-state index contributed by atoms with van der Waals surface area (Å²) in [6.07, 6.45) is 1.59. The van der Waals surface area contributed by atoms with Crippen LogP contribution in [0.3, 0.4) is 0 Å². The number of halogens is 3. The zero-order valence-corrected chi connectivity index (χ0v) is 25.9. The summed E-state index contributed by atoms with van der Waals surface area (Å²) in [7, 11) is -4.27. The molecule has 8 nitrogen and oxygen atoms in total. The third kappa shape index (κ3) is 7.57. The molecule has 0 amide bonds. The Hall–Kier alpha value is -3.86. The number of nitrogens with zero attached hydrogens (tertiary/aromatic N) is 2. The van der Waals surface area contributed by atoms with Crippen molar-refractivity contribution in [2.24, 2.45) is 5.73 Å². The summed E-state index contributed by atoms with van der Waals surface area (Å²) in [6, 6.07) is 23.1. The molecular formula is C31H34Cl2FN5O3S. The highest BCUT2D eigenvalue weighted by atomic mass is 35.5. The highest BCUT2D eigenvalue weighted by molar-refractivity contribution is 7.92. The number of hydrogen-bond acceptors (Lipinski definition) is 5. The van der Waals surface area contributed by atoms with Crippen LogP contribution in [0, 0.1) is 16.6 Å². The van der Waals surface area contributed by atoms with Crippen molar-refractivity contribution in [1.82, 2.24) is 4.90 Å². The van der Waals surface area contributed by atoms with Crippen LogP contribution in [0.25, 0.3) is 10.8 Å². The normalized spacial score (nSPS) is 13.5. The summed E-state index contributed by atoms with van der Waals surface area (Å²) in [4.78, 5) is 1.61. The second-order valence-electron chi connectivity index (χ2n) is 10.1. The van der Waals surface area contributed by atoms with Crippen LogP contribution >= 0.6 is 24.8 Å². The zero-order chi connectivity index (χ0) is 29.1. The number of piperidine rings is 1. The maximum absolute atomic E-state index is 14.8. The van der Waals surface area contributed by atoms with Gasteiger partial charge in [-0.3, -0.25) is 15.1 Å². The van der Waals surface area contributed by atoms with E-state index in [2.05, 4.69) is 0 Å². The van der Waals surface area contributed by atoms with E-state index in [1.165, 1.54) is 22.5 Å². The van der Waals surface area contributed by atoms with E-state index in [1.807, 2.05) is 29.2 Å². The summed E-state index contributed by atoms with van der Waals surface area (Å²) in [5.74, 6) is 0.284. The number of nitrogens with two attached hydrogens (primary N) is 1. The number of nitrogens with one attached hydrogen (secondary N) is 2. The van der Waals surface area contributed by atoms with Crippen molar-refractivity contribution >= 4 is 63.0 Å². The topological polar surface area (TPSA) is 124 Å². The molecule has 1 aliphatic heterocycles. The molecule has 4 aromatic rings. The van der Waals surface area contributed by atoms with E-state index in [-0.39, 0.29) is 43.3 Å². The van der Waals surface area contributed by atoms with Crippen LogP contribution in [0.5, 0.6) is 5.75 Å². The maximum Gasteiger partial charge on any atom is 0.267 e. The van der Waals surface area contributed by atoms with Gasteiger partial charge in [-0.15, -0.1) is 24.8 Å². The summed E-state index contributed by atoms with van der Waals surface area (Å²) < 4.78 is 49.8. The van der Waals surface area contributed by atoms with E-state index in [0.29, 0.717) is 28.4 Å². The van der Waals surface area contributed by atoms with Crippen molar-refractivity contribution in [3.05, 3.63) is 102 Å². The molecule has 4 N–H and O–H groups in total. The fourth-order valence-corrected chi connectivity index (χ4v) is 6.53. The van der Waals surface area contributed by atoms with E-state index >= 15 is 0 Å². The number of benzene rings is 4. The number of hydrogen-bond donors (Lipinski definition) is 3. The Morgan fingerprint density at radius 3 is 2.23 bits per heavy atom. The van der Waals surface area contributed by atoms with E-state index in [9.17, 15) is 12.8 Å². The van der Waals surface area contributed by atoms with Crippen LogP contribution in [0.15, 0.2) is 89.8 Å². The number of fused-ring (bicyclic) bond motifs is 1. The molecule has 228 valence electrons. The van der Waals surface area contributed by atoms with Gasteiger partial charge < -0.3 is 15.4 Å². The molecule has 0 saturated carbocycles. The Labute approximate surface area is 263 Å². The Bertz CT molecular complexity index is 1710. The SMILES string of the molecule is CC(=N)N1CCC(Oc2ccc(N(Cc3ccc4ccc(C(=N)N)cc4c3)S(=O)(=O)c3ccccc3F)cc2)CC1.Cl.Cl. The molecule has 0 aromatic heterocycles. The first-order chi connectivity index (χ1) is 19.6. The molecule has 4 aromatic carbocycles. The predicted octanol–water partition coefficient (Wildman–Crippen LogP) is 6.34. The highest BCUT2D eigenvalue weighted by Gasteiger charge is 2.28. The minimum Gasteiger partial charge on any atom is -0.490 e. The second kappa shape index (κ2) is 14.1. The summed E-state index contributed by atoms with van der Waals surface area (Å²) in [5, 5.41) is 17.3. The van der Waals surface area contributed by atoms with Gasteiger partial charge in [0.15, 0.2) is 0 Å². The van der Waals surface area contributed by atoms with Crippen LogP contribution in [0.2, 0.25) is 0 Å². The van der Waals surface area contributed by atoms with Crippen LogP contribution in [-0.4, -0.2) is 44.2 Å². The molecule has 0 atom stereocenters. The van der Waals surface area contributed by atoms with Crippen LogP contribution < -0.4 is 14.8 Å². The monoisotopic (exact) mass is 645 g/mol. The predicted molar refractivity (Wildman–Crippen MR) is 174 cm³/mol. The van der Waals surface area contributed by atoms with Crippen molar-refractivity contribution in [2.45, 2.75) is 37.3 Å². The highest BCUT2D eigenvalue weighted by Crippen LogP contribution is 2.30. The average molecular weight is 647 g/mol. The van der Waals surface area contributed by atoms with Gasteiger partial charge >= 0.3 is 0 Å². The quantitative estimate of drug-likeness (QED) is 0.152. The van der Waals surface area contributed by atoms with Gasteiger partial charge in [-0.1, -0.05) is 36.4 Å². The number of rotatable bonds is 8. The van der Waals surface area contributed by atoms with E-state index in [0.717, 1.165) is 42.8 Å². The first kappa shape index (κ1) is 33.6. The molecule has 0 spiro atoms. The third-order valence-corrected chi connectivity index (χ3v) is 9.10. The van der Waals surface area contributed by atoms with Gasteiger partial charge in [-0.2, -0.15) is 0 Å². The third-order valence-electron chi connectivity index (χ3n) is 7.29. The van der Waals surface area contributed by atoms with Gasteiger partial charge in [0.1, 0.15) is 28.4 Å². The molecule has 0 bridgehead atoms. The Morgan fingerprint density at radius 2 is 1.60 bits per heavy atom. The number of nitrogen functional groups attached to an aromatic ring is 1. The summed E-state index contributed by atoms with van der Waals surface area (Å²) in [5.41, 5.74) is 7.29. The lowest BCUT2D eigenvalue weighted by atomic mass is 10.0. The summed E-state index contributed by atoms with van der Waals surface area (Å²) >= 11 is 0. The van der Waals surface area contributed by atoms with Crippen molar-refractivity contribution in [3.8, 4) is 5.75 Å². The minimum atomic E-state index is -4.27. The lowest BCUT2D eigenvalue weighted by Gasteiger charge is -2.33. The van der Waals surface area contributed by atoms with E-state index in [4.69, 9.17) is 21.3 Å². The van der Waals surface area contributed by atoms with Gasteiger partial charge in [0, 0.05) is 31.5 Å². The number of ether oxygens (including phenoxy) is 1. The number of likely N-dealkylation sites (tertiary alicyclic amines) is 1. The second-order valence-corrected chi connectivity index (χ2v) is 12.0. The lowest BCUT2D eigenvalue weighted by molar-refractivity contribution is 0.130. The zero-order valence-electron chi connectivity index (χ0n) is 23.5. The van der Waals surface area contributed by atoms with Gasteiger partial charge in [0.05, 0.1) is 18.1 Å². The first-order valence-electron chi connectivity index (χ1n) is 13.3. The molecule has 1 heterocycles. The Morgan fingerprint density at radius 1 is 0.953 bits per heavy atom. The fourth-order valence-electron chi connectivity index (χ4n) is 5.01. The minimum absolute atomic E-state index is 0. The Kier molecular flexibility index (Phi) is 11.0. The maximum atomic E-state index is 14.8. The fraction of sp³-hybridized carbons (Fsp3) is 0.226. The molecule has 43 heavy (non-hydrogen) atoms. The largest absolute Gasteiger partial charge is 0.490 e. The molecule has 12 heteroatoms. The average Bonchev–Trinajstić information content (AvgIpc) is 2.96. The smallest absolute Gasteiger partial charge is 0.267 e. The van der Waals surface area contributed by atoms with E-state index < -0.39 is 20.7 Å². The van der Waals surface area contributed by atoms with Crippen molar-refractivity contribution in [2.75, 3.05) is 17.4 Å².